The first-order valence-corrected chi connectivity index (χ1v) is 2.50. The fourth-order valence-electron chi connectivity index (χ4n) is 0.321. The Labute approximate surface area is 42.2 Å². The minimum absolute atomic E-state index is 0.213. The summed E-state index contributed by atoms with van der Waals surface area (Å²) in [5.74, 6) is 0. The molecule has 1 aliphatic heterocycles. The largest absolute Gasteiger partial charge is 0.372 e. The number of alkyl halides is 1. The molecule has 2 atom stereocenters. The lowest BCUT2D eigenvalue weighted by atomic mass is 10.4. The van der Waals surface area contributed by atoms with Crippen LogP contribution in [0.2, 0.25) is 0 Å². The summed E-state index contributed by atoms with van der Waals surface area (Å²) in [4.78, 5) is 0. The smallest absolute Gasteiger partial charge is 0.0970 e. The second kappa shape index (κ2) is 1.39. The molecule has 1 heterocycles. The van der Waals surface area contributed by atoms with Gasteiger partial charge in [0.1, 0.15) is 0 Å². The molecular weight excluding hydrogens is 99.5 g/mol. The van der Waals surface area contributed by atoms with Gasteiger partial charge in [0.15, 0.2) is 0 Å². The Morgan fingerprint density at radius 1 is 2.00 bits per heavy atom. The molecular formula is C4H7ClO. The maximum Gasteiger partial charge on any atom is 0.0970 e. The van der Waals surface area contributed by atoms with Crippen molar-refractivity contribution in [1.29, 1.82) is 0 Å². The molecule has 1 fully saturated rings. The number of ether oxygens (including phenoxy) is 1. The SMILES string of the molecule is C[C@@H](Cl)C1CO1. The van der Waals surface area contributed by atoms with E-state index in [0.29, 0.717) is 6.10 Å². The third kappa shape index (κ3) is 0.854. The summed E-state index contributed by atoms with van der Waals surface area (Å²) in [6.45, 7) is 2.81. The van der Waals surface area contributed by atoms with Gasteiger partial charge in [-0.1, -0.05) is 0 Å². The molecule has 0 spiro atoms. The van der Waals surface area contributed by atoms with Crippen LogP contribution in [0.15, 0.2) is 0 Å². The van der Waals surface area contributed by atoms with Crippen molar-refractivity contribution in [1.82, 2.24) is 0 Å². The van der Waals surface area contributed by atoms with Gasteiger partial charge in [0, 0.05) is 0 Å². The van der Waals surface area contributed by atoms with Gasteiger partial charge in [-0.15, -0.1) is 11.6 Å². The van der Waals surface area contributed by atoms with E-state index < -0.39 is 0 Å². The molecule has 0 radical (unpaired) electrons. The molecule has 6 heavy (non-hydrogen) atoms. The van der Waals surface area contributed by atoms with Gasteiger partial charge in [-0.25, -0.2) is 0 Å². The molecule has 0 N–H and O–H groups in total. The predicted molar refractivity (Wildman–Crippen MR) is 25.1 cm³/mol. The van der Waals surface area contributed by atoms with Gasteiger partial charge in [-0.05, 0) is 6.92 Å². The van der Waals surface area contributed by atoms with Gasteiger partial charge in [0.25, 0.3) is 0 Å². The summed E-state index contributed by atoms with van der Waals surface area (Å²) in [5.41, 5.74) is 0. The first-order valence-electron chi connectivity index (χ1n) is 2.06. The summed E-state index contributed by atoms with van der Waals surface area (Å²) in [6.07, 6.45) is 0.367. The molecule has 0 aromatic carbocycles. The number of hydrogen-bond acceptors (Lipinski definition) is 1. The van der Waals surface area contributed by atoms with E-state index in [4.69, 9.17) is 16.3 Å². The van der Waals surface area contributed by atoms with Crippen molar-refractivity contribution in [3.8, 4) is 0 Å². The Kier molecular flexibility index (Phi) is 1.02. The van der Waals surface area contributed by atoms with Gasteiger partial charge >= 0.3 is 0 Å². The van der Waals surface area contributed by atoms with E-state index in [1.54, 1.807) is 0 Å². The fraction of sp³-hybridized carbons (Fsp3) is 1.00. The van der Waals surface area contributed by atoms with E-state index >= 15 is 0 Å². The van der Waals surface area contributed by atoms with E-state index in [-0.39, 0.29) is 5.38 Å². The van der Waals surface area contributed by atoms with Gasteiger partial charge < -0.3 is 4.74 Å². The summed E-state index contributed by atoms with van der Waals surface area (Å²) in [6, 6.07) is 0. The molecule has 1 saturated heterocycles. The Hall–Kier alpha value is 0.250. The quantitative estimate of drug-likeness (QED) is 0.359. The summed E-state index contributed by atoms with van der Waals surface area (Å²) >= 11 is 5.55. The topological polar surface area (TPSA) is 12.5 Å². The second-order valence-electron chi connectivity index (χ2n) is 1.55. The van der Waals surface area contributed by atoms with Gasteiger partial charge in [0.2, 0.25) is 0 Å². The normalized spacial score (nSPS) is 36.0. The zero-order valence-corrected chi connectivity index (χ0v) is 4.40. The van der Waals surface area contributed by atoms with Crippen LogP contribution in [-0.2, 0) is 4.74 Å². The van der Waals surface area contributed by atoms with Crippen molar-refractivity contribution in [2.24, 2.45) is 0 Å². The van der Waals surface area contributed by atoms with Gasteiger partial charge in [0.05, 0.1) is 18.1 Å². The van der Waals surface area contributed by atoms with Crippen LogP contribution in [0.5, 0.6) is 0 Å². The lowest BCUT2D eigenvalue weighted by molar-refractivity contribution is 0.406. The van der Waals surface area contributed by atoms with Crippen molar-refractivity contribution in [3.05, 3.63) is 0 Å². The lowest BCUT2D eigenvalue weighted by Gasteiger charge is -1.88. The molecule has 1 unspecified atom stereocenters. The first-order chi connectivity index (χ1) is 2.80. The molecule has 1 aliphatic rings. The number of epoxide rings is 1. The standard InChI is InChI=1S/C4H7ClO/c1-3(5)4-2-6-4/h3-4H,2H2,1H3/t3-,4?/m1/s1. The van der Waals surface area contributed by atoms with Crippen LogP contribution >= 0.6 is 11.6 Å². The van der Waals surface area contributed by atoms with Crippen LogP contribution in [-0.4, -0.2) is 18.1 Å². The van der Waals surface area contributed by atoms with Crippen molar-refractivity contribution >= 4 is 11.6 Å². The molecule has 1 nitrogen and oxygen atoms in total. The summed E-state index contributed by atoms with van der Waals surface area (Å²) < 4.78 is 4.84. The zero-order chi connectivity index (χ0) is 4.57. The van der Waals surface area contributed by atoms with Crippen molar-refractivity contribution in [2.45, 2.75) is 18.4 Å². The molecule has 0 aromatic rings. The van der Waals surface area contributed by atoms with Crippen LogP contribution in [0.1, 0.15) is 6.92 Å². The van der Waals surface area contributed by atoms with Crippen molar-refractivity contribution in [3.63, 3.8) is 0 Å². The fourth-order valence-corrected chi connectivity index (χ4v) is 0.466. The lowest BCUT2D eigenvalue weighted by Crippen LogP contribution is -1.98. The first kappa shape index (κ1) is 4.41. The third-order valence-corrected chi connectivity index (χ3v) is 1.15. The van der Waals surface area contributed by atoms with Crippen LogP contribution in [0.3, 0.4) is 0 Å². The van der Waals surface area contributed by atoms with Gasteiger partial charge in [-0.2, -0.15) is 0 Å². The highest BCUT2D eigenvalue weighted by Gasteiger charge is 2.27. The van der Waals surface area contributed by atoms with Crippen LogP contribution in [0.4, 0.5) is 0 Å². The highest BCUT2D eigenvalue weighted by molar-refractivity contribution is 6.20. The Balaban J connectivity index is 2.13. The molecule has 0 aliphatic carbocycles. The van der Waals surface area contributed by atoms with E-state index in [2.05, 4.69) is 0 Å². The maximum absolute atomic E-state index is 5.55. The van der Waals surface area contributed by atoms with E-state index in [1.807, 2.05) is 6.92 Å². The molecule has 1 rings (SSSR count). The molecule has 0 bridgehead atoms. The van der Waals surface area contributed by atoms with Gasteiger partial charge in [-0.3, -0.25) is 0 Å². The predicted octanol–water partition coefficient (Wildman–Crippen LogP) is 1.01. The molecule has 0 amide bonds. The zero-order valence-electron chi connectivity index (χ0n) is 3.65. The van der Waals surface area contributed by atoms with E-state index in [1.165, 1.54) is 0 Å². The average Bonchev–Trinajstić information content (AvgIpc) is 2.06. The average molecular weight is 107 g/mol. The monoisotopic (exact) mass is 106 g/mol. The van der Waals surface area contributed by atoms with Crippen molar-refractivity contribution < 1.29 is 4.74 Å². The van der Waals surface area contributed by atoms with Crippen LogP contribution in [0, 0.1) is 0 Å². The highest BCUT2D eigenvalue weighted by Crippen LogP contribution is 2.17. The molecule has 0 saturated carbocycles. The Morgan fingerprint density at radius 3 is 2.50 bits per heavy atom. The van der Waals surface area contributed by atoms with E-state index in [0.717, 1.165) is 6.61 Å². The minimum Gasteiger partial charge on any atom is -0.372 e. The van der Waals surface area contributed by atoms with Crippen LogP contribution in [0.25, 0.3) is 0 Å². The minimum atomic E-state index is 0.213. The third-order valence-electron chi connectivity index (χ3n) is 0.871. The van der Waals surface area contributed by atoms with Crippen LogP contribution < -0.4 is 0 Å². The molecule has 36 valence electrons. The Bertz CT molecular complexity index is 49.5. The maximum atomic E-state index is 5.55. The molecule has 2 heteroatoms. The second-order valence-corrected chi connectivity index (χ2v) is 2.24. The number of halogens is 1. The number of hydrogen-bond donors (Lipinski definition) is 0. The summed E-state index contributed by atoms with van der Waals surface area (Å²) in [7, 11) is 0. The highest BCUT2D eigenvalue weighted by atomic mass is 35.5. The van der Waals surface area contributed by atoms with Crippen molar-refractivity contribution in [2.75, 3.05) is 6.61 Å². The molecule has 0 aromatic heterocycles. The van der Waals surface area contributed by atoms with E-state index in [9.17, 15) is 0 Å². The summed E-state index contributed by atoms with van der Waals surface area (Å²) in [5, 5.41) is 0.213. The number of rotatable bonds is 1. The Morgan fingerprint density at radius 2 is 2.50 bits per heavy atom.